The molecule has 3 heterocycles. The van der Waals surface area contributed by atoms with E-state index in [0.717, 1.165) is 5.39 Å². The first kappa shape index (κ1) is 24.2. The summed E-state index contributed by atoms with van der Waals surface area (Å²) < 4.78 is 25.4. The number of nitrogens with one attached hydrogen (secondary N) is 1. The summed E-state index contributed by atoms with van der Waals surface area (Å²) in [5.41, 5.74) is 1.06. The van der Waals surface area contributed by atoms with Crippen molar-refractivity contribution in [2.75, 3.05) is 6.61 Å². The van der Waals surface area contributed by atoms with Crippen LogP contribution in [0.4, 0.5) is 0 Å². The van der Waals surface area contributed by atoms with Crippen LogP contribution < -0.4 is 5.56 Å². The number of H-pyrrole nitrogens is 1. The Morgan fingerprint density at radius 1 is 1.09 bits per heavy atom. The van der Waals surface area contributed by atoms with Crippen LogP contribution in [0.15, 0.2) is 23.0 Å². The van der Waals surface area contributed by atoms with E-state index in [-0.39, 0.29) is 28.9 Å². The lowest BCUT2D eigenvalue weighted by molar-refractivity contribution is -0.190. The Hall–Kier alpha value is -0.933. The van der Waals surface area contributed by atoms with Crippen molar-refractivity contribution in [3.63, 3.8) is 0 Å². The number of halogens is 2. The molecule has 1 aromatic heterocycles. The van der Waals surface area contributed by atoms with Gasteiger partial charge in [-0.25, -0.2) is 0 Å². The zero-order valence-corrected chi connectivity index (χ0v) is 22.1. The van der Waals surface area contributed by atoms with Gasteiger partial charge in [0.05, 0.1) is 22.2 Å². The van der Waals surface area contributed by atoms with Gasteiger partial charge in [-0.3, -0.25) is 4.79 Å². The SMILES string of the molecule is CC1(C)O[C@@H]2[C@H](O1)[C@@H](CO[Si](C)(C)C(C)(C)C)O[C@H]2c1cc(=O)[nH]c2cc(Cl)c(Cl)cc12. The van der Waals surface area contributed by atoms with E-state index in [4.69, 9.17) is 41.8 Å². The Balaban J connectivity index is 1.71. The molecule has 2 aliphatic heterocycles. The number of pyridine rings is 1. The highest BCUT2D eigenvalue weighted by Gasteiger charge is 2.56. The molecule has 2 fully saturated rings. The standard InChI is InChI=1S/C23H31Cl2NO5Si/c1-22(2,3)32(6,7)28-11-17-20-21(31-23(4,5)30-20)19(29-17)13-9-18(27)26-16-10-15(25)14(24)8-12(13)16/h8-10,17,19-21H,11H2,1-7H3,(H,26,27)/t17-,19+,20-,21+/m1/s1. The van der Waals surface area contributed by atoms with Crippen molar-refractivity contribution in [3.8, 4) is 0 Å². The molecule has 0 saturated carbocycles. The summed E-state index contributed by atoms with van der Waals surface area (Å²) in [7, 11) is -1.98. The summed E-state index contributed by atoms with van der Waals surface area (Å²) in [6.45, 7) is 15.2. The normalized spacial score (nSPS) is 27.8. The zero-order valence-electron chi connectivity index (χ0n) is 19.5. The minimum Gasteiger partial charge on any atom is -0.414 e. The van der Waals surface area contributed by atoms with Crippen LogP contribution in [0.3, 0.4) is 0 Å². The molecule has 9 heteroatoms. The Labute approximate surface area is 199 Å². The van der Waals surface area contributed by atoms with Crippen molar-refractivity contribution < 1.29 is 18.6 Å². The predicted molar refractivity (Wildman–Crippen MR) is 129 cm³/mol. The largest absolute Gasteiger partial charge is 0.414 e. The number of hydrogen-bond donors (Lipinski definition) is 1. The summed E-state index contributed by atoms with van der Waals surface area (Å²) >= 11 is 12.5. The van der Waals surface area contributed by atoms with Gasteiger partial charge < -0.3 is 23.6 Å². The lowest BCUT2D eigenvalue weighted by Gasteiger charge is -2.37. The molecule has 176 valence electrons. The molecule has 0 unspecified atom stereocenters. The fraction of sp³-hybridized carbons (Fsp3) is 0.609. The molecule has 0 spiro atoms. The average molecular weight is 500 g/mol. The summed E-state index contributed by atoms with van der Waals surface area (Å²) in [6.07, 6.45) is -1.51. The molecule has 2 saturated heterocycles. The minimum atomic E-state index is -1.98. The van der Waals surface area contributed by atoms with Gasteiger partial charge in [-0.15, -0.1) is 0 Å². The van der Waals surface area contributed by atoms with Crippen LogP contribution in [-0.2, 0) is 18.6 Å². The van der Waals surface area contributed by atoms with Crippen molar-refractivity contribution in [3.05, 3.63) is 44.2 Å². The smallest absolute Gasteiger partial charge is 0.248 e. The van der Waals surface area contributed by atoms with E-state index in [9.17, 15) is 4.79 Å². The van der Waals surface area contributed by atoms with E-state index in [1.165, 1.54) is 0 Å². The molecule has 6 nitrogen and oxygen atoms in total. The Kier molecular flexibility index (Phi) is 6.11. The van der Waals surface area contributed by atoms with E-state index in [2.05, 4.69) is 38.8 Å². The highest BCUT2D eigenvalue weighted by atomic mass is 35.5. The molecule has 2 aromatic rings. The highest BCUT2D eigenvalue weighted by Crippen LogP contribution is 2.47. The van der Waals surface area contributed by atoms with E-state index < -0.39 is 20.2 Å². The van der Waals surface area contributed by atoms with Crippen molar-refractivity contribution >= 4 is 42.4 Å². The second-order valence-electron chi connectivity index (χ2n) is 10.6. The molecule has 0 bridgehead atoms. The first-order valence-electron chi connectivity index (χ1n) is 10.9. The second kappa shape index (κ2) is 8.08. The summed E-state index contributed by atoms with van der Waals surface area (Å²) in [6, 6.07) is 4.95. The minimum absolute atomic E-state index is 0.0790. The Morgan fingerprint density at radius 3 is 2.38 bits per heavy atom. The van der Waals surface area contributed by atoms with E-state index in [1.807, 2.05) is 13.8 Å². The Bertz CT molecular complexity index is 1090. The molecular weight excluding hydrogens is 469 g/mol. The summed E-state index contributed by atoms with van der Waals surface area (Å²) in [4.78, 5) is 15.3. The first-order valence-corrected chi connectivity index (χ1v) is 14.5. The third-order valence-electron chi connectivity index (χ3n) is 6.79. The second-order valence-corrected chi connectivity index (χ2v) is 16.3. The van der Waals surface area contributed by atoms with Crippen LogP contribution in [0.1, 0.15) is 46.3 Å². The summed E-state index contributed by atoms with van der Waals surface area (Å²) in [5, 5.41) is 1.63. The van der Waals surface area contributed by atoms with Crippen molar-refractivity contribution in [1.82, 2.24) is 4.98 Å². The van der Waals surface area contributed by atoms with E-state index >= 15 is 0 Å². The van der Waals surface area contributed by atoms with Gasteiger partial charge in [-0.1, -0.05) is 44.0 Å². The van der Waals surface area contributed by atoms with Crippen molar-refractivity contribution in [2.45, 2.75) is 83.0 Å². The van der Waals surface area contributed by atoms with Gasteiger partial charge in [0.25, 0.3) is 0 Å². The van der Waals surface area contributed by atoms with Crippen molar-refractivity contribution in [2.24, 2.45) is 0 Å². The molecule has 0 radical (unpaired) electrons. The number of ether oxygens (including phenoxy) is 3. The molecular formula is C23H31Cl2NO5Si. The molecule has 4 rings (SSSR count). The van der Waals surface area contributed by atoms with Gasteiger partial charge in [-0.05, 0) is 49.7 Å². The third kappa shape index (κ3) is 4.41. The van der Waals surface area contributed by atoms with Gasteiger partial charge in [0.2, 0.25) is 5.56 Å². The number of benzene rings is 1. The quantitative estimate of drug-likeness (QED) is 0.536. The number of aromatic amines is 1. The maximum atomic E-state index is 12.4. The number of hydrogen-bond acceptors (Lipinski definition) is 5. The third-order valence-corrected chi connectivity index (χ3v) is 12.0. The number of rotatable bonds is 4. The van der Waals surface area contributed by atoms with Gasteiger partial charge in [0.15, 0.2) is 14.1 Å². The van der Waals surface area contributed by atoms with Gasteiger partial charge in [-0.2, -0.15) is 0 Å². The molecule has 1 N–H and O–H groups in total. The Morgan fingerprint density at radius 2 is 1.72 bits per heavy atom. The topological polar surface area (TPSA) is 69.8 Å². The van der Waals surface area contributed by atoms with Gasteiger partial charge in [0.1, 0.15) is 24.4 Å². The molecule has 2 aliphatic rings. The number of fused-ring (bicyclic) bond motifs is 2. The molecule has 0 aliphatic carbocycles. The van der Waals surface area contributed by atoms with Crippen LogP contribution in [0.5, 0.6) is 0 Å². The van der Waals surface area contributed by atoms with E-state index in [0.29, 0.717) is 27.7 Å². The van der Waals surface area contributed by atoms with E-state index in [1.54, 1.807) is 18.2 Å². The van der Waals surface area contributed by atoms with Crippen LogP contribution in [0.2, 0.25) is 28.2 Å². The highest BCUT2D eigenvalue weighted by molar-refractivity contribution is 6.74. The molecule has 4 atom stereocenters. The molecule has 32 heavy (non-hydrogen) atoms. The summed E-state index contributed by atoms with van der Waals surface area (Å²) in [5.74, 6) is -0.759. The lowest BCUT2D eigenvalue weighted by atomic mass is 9.98. The van der Waals surface area contributed by atoms with Crippen LogP contribution in [-0.4, -0.2) is 44.0 Å². The zero-order chi connectivity index (χ0) is 23.6. The van der Waals surface area contributed by atoms with Gasteiger partial charge in [0, 0.05) is 11.5 Å². The fourth-order valence-corrected chi connectivity index (χ4v) is 5.43. The molecule has 1 aromatic carbocycles. The fourth-order valence-electron chi connectivity index (χ4n) is 4.09. The van der Waals surface area contributed by atoms with Crippen LogP contribution in [0, 0.1) is 0 Å². The molecule has 0 amide bonds. The monoisotopic (exact) mass is 499 g/mol. The number of aromatic nitrogens is 1. The van der Waals surface area contributed by atoms with Gasteiger partial charge >= 0.3 is 0 Å². The van der Waals surface area contributed by atoms with Crippen LogP contribution >= 0.6 is 23.2 Å². The predicted octanol–water partition coefficient (Wildman–Crippen LogP) is 5.82. The first-order chi connectivity index (χ1) is 14.7. The maximum absolute atomic E-state index is 12.4. The van der Waals surface area contributed by atoms with Crippen molar-refractivity contribution in [1.29, 1.82) is 0 Å². The van der Waals surface area contributed by atoms with Crippen LogP contribution in [0.25, 0.3) is 10.9 Å². The maximum Gasteiger partial charge on any atom is 0.248 e. The average Bonchev–Trinajstić information content (AvgIpc) is 3.13. The lowest BCUT2D eigenvalue weighted by Crippen LogP contribution is -2.44.